The van der Waals surface area contributed by atoms with Gasteiger partial charge in [-0.05, 0) is 6.92 Å². The molecule has 0 amide bonds. The van der Waals surface area contributed by atoms with Gasteiger partial charge in [-0.3, -0.25) is 9.59 Å². The van der Waals surface area contributed by atoms with Crippen LogP contribution in [0.5, 0.6) is 0 Å². The Morgan fingerprint density at radius 2 is 1.33 bits per heavy atom. The zero-order valence-corrected chi connectivity index (χ0v) is 12.8. The number of benzene rings is 2. The summed E-state index contributed by atoms with van der Waals surface area (Å²) in [5.74, 6) is -0.513. The van der Waals surface area contributed by atoms with Crippen LogP contribution in [0.25, 0.3) is 5.03 Å². The maximum absolute atomic E-state index is 12.3. The number of allylic oxidation sites excluding steroid dienone is 1. The molecule has 0 aliphatic carbocycles. The third-order valence-electron chi connectivity index (χ3n) is 2.97. The highest BCUT2D eigenvalue weighted by atomic mass is 35.5. The normalized spacial score (nSPS) is 11.8. The number of ketones is 2. The van der Waals surface area contributed by atoms with Gasteiger partial charge in [-0.2, -0.15) is 0 Å². The molecule has 0 spiro atoms. The van der Waals surface area contributed by atoms with E-state index in [1.54, 1.807) is 54.6 Å². The molecule has 0 N–H and O–H groups in total. The molecule has 0 bridgehead atoms. The molecule has 2 aromatic carbocycles. The van der Waals surface area contributed by atoms with E-state index in [0.717, 1.165) is 0 Å². The van der Waals surface area contributed by atoms with Gasteiger partial charge in [0, 0.05) is 16.7 Å². The molecule has 0 unspecified atom stereocenters. The summed E-state index contributed by atoms with van der Waals surface area (Å²) < 4.78 is 0. The van der Waals surface area contributed by atoms with Gasteiger partial charge in [0.25, 0.3) is 0 Å². The smallest absolute Gasteiger partial charge is 0.205 e. The van der Waals surface area contributed by atoms with Crippen LogP contribution in [0.1, 0.15) is 33.2 Å². The molecule has 0 aromatic heterocycles. The predicted octanol–water partition coefficient (Wildman–Crippen LogP) is 4.92. The molecule has 0 aliphatic rings. The summed E-state index contributed by atoms with van der Waals surface area (Å²) >= 11 is 12.3. The molecular formula is C17H12Cl2O2. The van der Waals surface area contributed by atoms with Crippen molar-refractivity contribution in [3.63, 3.8) is 0 Å². The molecule has 0 aliphatic heterocycles. The fourth-order valence-electron chi connectivity index (χ4n) is 1.92. The highest BCUT2D eigenvalue weighted by Gasteiger charge is 2.18. The Hall–Kier alpha value is -1.90. The monoisotopic (exact) mass is 318 g/mol. The van der Waals surface area contributed by atoms with Gasteiger partial charge in [-0.15, -0.1) is 0 Å². The lowest BCUT2D eigenvalue weighted by Crippen LogP contribution is -2.03. The van der Waals surface area contributed by atoms with E-state index in [9.17, 15) is 9.59 Å². The lowest BCUT2D eigenvalue weighted by Gasteiger charge is -2.08. The van der Waals surface area contributed by atoms with Gasteiger partial charge in [0.15, 0.2) is 5.78 Å². The third-order valence-corrected chi connectivity index (χ3v) is 3.82. The van der Waals surface area contributed by atoms with Crippen LogP contribution < -0.4 is 0 Å². The zero-order chi connectivity index (χ0) is 15.4. The molecule has 2 nitrogen and oxygen atoms in total. The molecule has 2 aromatic rings. The van der Waals surface area contributed by atoms with E-state index in [0.29, 0.717) is 16.7 Å². The summed E-state index contributed by atoms with van der Waals surface area (Å²) in [4.78, 5) is 23.9. The molecule has 106 valence electrons. The van der Waals surface area contributed by atoms with Gasteiger partial charge >= 0.3 is 0 Å². The molecule has 2 rings (SSSR count). The van der Waals surface area contributed by atoms with Crippen LogP contribution in [0, 0.1) is 0 Å². The lowest BCUT2D eigenvalue weighted by molar-refractivity contribution is 0.101. The Morgan fingerprint density at radius 1 is 0.810 bits per heavy atom. The van der Waals surface area contributed by atoms with Crippen molar-refractivity contribution >= 4 is 39.8 Å². The Labute approximate surface area is 133 Å². The van der Waals surface area contributed by atoms with E-state index >= 15 is 0 Å². The van der Waals surface area contributed by atoms with Gasteiger partial charge in [0.05, 0.1) is 5.03 Å². The van der Waals surface area contributed by atoms with E-state index in [4.69, 9.17) is 23.2 Å². The van der Waals surface area contributed by atoms with Crippen LogP contribution in [0.4, 0.5) is 0 Å². The number of carbonyl (C=O) groups excluding carboxylic acids is 2. The second-order valence-corrected chi connectivity index (χ2v) is 5.18. The molecule has 4 heteroatoms. The third kappa shape index (κ3) is 3.41. The van der Waals surface area contributed by atoms with Gasteiger partial charge in [-0.25, -0.2) is 0 Å². The van der Waals surface area contributed by atoms with Gasteiger partial charge < -0.3 is 0 Å². The second kappa shape index (κ2) is 6.70. The molecule has 0 radical (unpaired) electrons. The number of halogens is 2. The fourth-order valence-corrected chi connectivity index (χ4v) is 2.38. The molecule has 0 atom stereocenters. The summed E-state index contributed by atoms with van der Waals surface area (Å²) in [5, 5.41) is -0.0205. The first-order valence-corrected chi connectivity index (χ1v) is 7.03. The number of hydrogen-bond donors (Lipinski definition) is 0. The predicted molar refractivity (Wildman–Crippen MR) is 85.8 cm³/mol. The van der Waals surface area contributed by atoms with E-state index in [1.165, 1.54) is 6.92 Å². The van der Waals surface area contributed by atoms with Gasteiger partial charge in [0.1, 0.15) is 5.03 Å². The lowest BCUT2D eigenvalue weighted by atomic mass is 10.0. The number of rotatable bonds is 4. The van der Waals surface area contributed by atoms with Crippen LogP contribution in [0.2, 0.25) is 0 Å². The highest BCUT2D eigenvalue weighted by molar-refractivity contribution is 6.61. The number of Topliss-reactive ketones (excluding diaryl/α,β-unsaturated/α-hetero) is 2. The minimum atomic E-state index is -0.374. The van der Waals surface area contributed by atoms with Crippen molar-refractivity contribution < 1.29 is 9.59 Å². The average Bonchev–Trinajstić information content (AvgIpc) is 2.53. The van der Waals surface area contributed by atoms with Crippen molar-refractivity contribution in [2.45, 2.75) is 6.92 Å². The Bertz CT molecular complexity index is 719. The van der Waals surface area contributed by atoms with Crippen LogP contribution in [-0.4, -0.2) is 11.6 Å². The first-order valence-electron chi connectivity index (χ1n) is 6.27. The fraction of sp³-hybridized carbons (Fsp3) is 0.0588. The van der Waals surface area contributed by atoms with Crippen molar-refractivity contribution in [3.05, 3.63) is 76.3 Å². The molecule has 21 heavy (non-hydrogen) atoms. The van der Waals surface area contributed by atoms with Crippen LogP contribution in [0.3, 0.4) is 0 Å². The van der Waals surface area contributed by atoms with E-state index in [1.807, 2.05) is 0 Å². The molecule has 0 saturated carbocycles. The summed E-state index contributed by atoms with van der Waals surface area (Å²) in [6.07, 6.45) is 0. The van der Waals surface area contributed by atoms with E-state index in [2.05, 4.69) is 0 Å². The summed E-state index contributed by atoms with van der Waals surface area (Å²) in [6, 6.07) is 15.4. The largest absolute Gasteiger partial charge is 0.294 e. The second-order valence-electron chi connectivity index (χ2n) is 4.42. The Balaban J connectivity index is 2.49. The first kappa shape index (κ1) is 15.5. The topological polar surface area (TPSA) is 34.1 Å². The Morgan fingerprint density at radius 3 is 1.90 bits per heavy atom. The zero-order valence-electron chi connectivity index (χ0n) is 11.3. The maximum Gasteiger partial charge on any atom is 0.205 e. The minimum Gasteiger partial charge on any atom is -0.294 e. The van der Waals surface area contributed by atoms with Gasteiger partial charge in [-0.1, -0.05) is 77.8 Å². The average molecular weight is 319 g/mol. The van der Waals surface area contributed by atoms with Crippen molar-refractivity contribution in [2.75, 3.05) is 0 Å². The van der Waals surface area contributed by atoms with Crippen molar-refractivity contribution in [1.82, 2.24) is 0 Å². The van der Waals surface area contributed by atoms with Crippen molar-refractivity contribution in [1.29, 1.82) is 0 Å². The summed E-state index contributed by atoms with van der Waals surface area (Å²) in [7, 11) is 0. The molecular weight excluding hydrogens is 307 g/mol. The van der Waals surface area contributed by atoms with E-state index in [-0.39, 0.29) is 21.6 Å². The van der Waals surface area contributed by atoms with Crippen LogP contribution in [0.15, 0.2) is 59.6 Å². The quantitative estimate of drug-likeness (QED) is 0.592. The molecule has 0 heterocycles. The van der Waals surface area contributed by atoms with Crippen LogP contribution >= 0.6 is 23.2 Å². The Kier molecular flexibility index (Phi) is 4.94. The number of hydrogen-bond acceptors (Lipinski definition) is 2. The SMILES string of the molecule is CC(=O)c1ccccc1C(Cl)=C(Cl)C(=O)c1ccccc1. The number of carbonyl (C=O) groups is 2. The molecule has 0 saturated heterocycles. The minimum absolute atomic E-state index is 0.0799. The van der Waals surface area contributed by atoms with E-state index < -0.39 is 0 Å². The summed E-state index contributed by atoms with van der Waals surface area (Å²) in [5.41, 5.74) is 1.34. The van der Waals surface area contributed by atoms with Crippen molar-refractivity contribution in [3.8, 4) is 0 Å². The van der Waals surface area contributed by atoms with Crippen LogP contribution in [-0.2, 0) is 0 Å². The maximum atomic E-state index is 12.3. The highest BCUT2D eigenvalue weighted by Crippen LogP contribution is 2.30. The first-order chi connectivity index (χ1) is 10.0. The van der Waals surface area contributed by atoms with Gasteiger partial charge in [0.2, 0.25) is 5.78 Å². The summed E-state index contributed by atoms with van der Waals surface area (Å²) in [6.45, 7) is 1.44. The van der Waals surface area contributed by atoms with Crippen molar-refractivity contribution in [2.24, 2.45) is 0 Å². The molecule has 0 fully saturated rings. The standard InChI is InChI=1S/C17H12Cl2O2/c1-11(20)13-9-5-6-10-14(13)15(18)16(19)17(21)12-7-3-2-4-8-12/h2-10H,1H3.